The minimum Gasteiger partial charge on any atom is -0.493 e. The van der Waals surface area contributed by atoms with Crippen molar-refractivity contribution >= 4 is 17.3 Å². The number of hydrogen-bond donors (Lipinski definition) is 2. The van der Waals surface area contributed by atoms with Crippen molar-refractivity contribution in [3.63, 3.8) is 0 Å². The first kappa shape index (κ1) is 21.5. The SMILES string of the molecule is COc1ccc(CN=C(N)NCC(c2cccs2)N2CCC(C)CC2)cc1OC. The second-order valence-electron chi connectivity index (χ2n) is 7.52. The van der Waals surface area contributed by atoms with Crippen molar-refractivity contribution < 1.29 is 9.47 Å². The number of guanidine groups is 1. The van der Waals surface area contributed by atoms with Crippen molar-refractivity contribution in [2.75, 3.05) is 33.9 Å². The molecule has 0 radical (unpaired) electrons. The Bertz CT molecular complexity index is 786. The summed E-state index contributed by atoms with van der Waals surface area (Å²) in [5.74, 6) is 2.69. The smallest absolute Gasteiger partial charge is 0.188 e. The number of likely N-dealkylation sites (tertiary alicyclic amines) is 1. The lowest BCUT2D eigenvalue weighted by atomic mass is 9.97. The Balaban J connectivity index is 1.60. The van der Waals surface area contributed by atoms with Crippen LogP contribution in [0.1, 0.15) is 36.2 Å². The maximum Gasteiger partial charge on any atom is 0.188 e. The number of thiophene rings is 1. The molecule has 1 atom stereocenters. The molecule has 1 aliphatic rings. The van der Waals surface area contributed by atoms with Crippen molar-refractivity contribution in [3.05, 3.63) is 46.2 Å². The van der Waals surface area contributed by atoms with Crippen LogP contribution in [0.15, 0.2) is 40.7 Å². The maximum absolute atomic E-state index is 6.17. The normalized spacial score (nSPS) is 17.1. The van der Waals surface area contributed by atoms with Crippen LogP contribution in [0.5, 0.6) is 11.5 Å². The number of ether oxygens (including phenoxy) is 2. The molecule has 7 heteroatoms. The Kier molecular flexibility index (Phi) is 7.77. The summed E-state index contributed by atoms with van der Waals surface area (Å²) in [6.45, 7) is 5.86. The Hall–Kier alpha value is -2.25. The van der Waals surface area contributed by atoms with Crippen molar-refractivity contribution in [2.45, 2.75) is 32.4 Å². The second-order valence-corrected chi connectivity index (χ2v) is 8.50. The molecule has 0 amide bonds. The van der Waals surface area contributed by atoms with E-state index >= 15 is 0 Å². The van der Waals surface area contributed by atoms with Crippen LogP contribution in [0.3, 0.4) is 0 Å². The maximum atomic E-state index is 6.17. The fraction of sp³-hybridized carbons (Fsp3) is 0.500. The Morgan fingerprint density at radius 2 is 2.00 bits per heavy atom. The van der Waals surface area contributed by atoms with E-state index in [4.69, 9.17) is 15.2 Å². The van der Waals surface area contributed by atoms with Gasteiger partial charge in [-0.1, -0.05) is 19.1 Å². The van der Waals surface area contributed by atoms with Gasteiger partial charge in [0.15, 0.2) is 17.5 Å². The average Bonchev–Trinajstić information content (AvgIpc) is 3.28. The monoisotopic (exact) mass is 416 g/mol. The molecule has 0 bridgehead atoms. The number of nitrogens with zero attached hydrogens (tertiary/aromatic N) is 2. The lowest BCUT2D eigenvalue weighted by molar-refractivity contribution is 0.140. The number of rotatable bonds is 8. The average molecular weight is 417 g/mol. The van der Waals surface area contributed by atoms with Gasteiger partial charge in [-0.2, -0.15) is 0 Å². The topological polar surface area (TPSA) is 72.1 Å². The molecule has 1 aromatic carbocycles. The van der Waals surface area contributed by atoms with E-state index in [0.717, 1.165) is 31.1 Å². The fourth-order valence-electron chi connectivity index (χ4n) is 3.64. The Labute approximate surface area is 177 Å². The molecule has 1 unspecified atom stereocenters. The first-order chi connectivity index (χ1) is 14.1. The molecule has 2 heterocycles. The number of methoxy groups -OCH3 is 2. The highest BCUT2D eigenvalue weighted by atomic mass is 32.1. The van der Waals surface area contributed by atoms with E-state index in [1.807, 2.05) is 18.2 Å². The van der Waals surface area contributed by atoms with Crippen LogP contribution >= 0.6 is 11.3 Å². The van der Waals surface area contributed by atoms with Gasteiger partial charge < -0.3 is 20.5 Å². The van der Waals surface area contributed by atoms with E-state index in [2.05, 4.69) is 39.6 Å². The lowest BCUT2D eigenvalue weighted by Crippen LogP contribution is -2.43. The van der Waals surface area contributed by atoms with Crippen LogP contribution in [0.4, 0.5) is 0 Å². The van der Waals surface area contributed by atoms with Crippen LogP contribution in [-0.2, 0) is 6.54 Å². The zero-order valence-corrected chi connectivity index (χ0v) is 18.4. The number of nitrogens with two attached hydrogens (primary N) is 1. The quantitative estimate of drug-likeness (QED) is 0.508. The predicted molar refractivity (Wildman–Crippen MR) is 120 cm³/mol. The molecule has 1 fully saturated rings. The Morgan fingerprint density at radius 3 is 2.66 bits per heavy atom. The highest BCUT2D eigenvalue weighted by Gasteiger charge is 2.25. The van der Waals surface area contributed by atoms with E-state index in [1.165, 1.54) is 17.7 Å². The van der Waals surface area contributed by atoms with E-state index in [9.17, 15) is 0 Å². The van der Waals surface area contributed by atoms with Crippen LogP contribution < -0.4 is 20.5 Å². The zero-order chi connectivity index (χ0) is 20.6. The fourth-order valence-corrected chi connectivity index (χ4v) is 4.50. The zero-order valence-electron chi connectivity index (χ0n) is 17.6. The van der Waals surface area contributed by atoms with Gasteiger partial charge in [-0.3, -0.25) is 4.90 Å². The number of hydrogen-bond acceptors (Lipinski definition) is 5. The summed E-state index contributed by atoms with van der Waals surface area (Å²) in [5, 5.41) is 5.48. The van der Waals surface area contributed by atoms with Gasteiger partial charge in [-0.25, -0.2) is 4.99 Å². The van der Waals surface area contributed by atoms with E-state index < -0.39 is 0 Å². The Morgan fingerprint density at radius 1 is 1.24 bits per heavy atom. The summed E-state index contributed by atoms with van der Waals surface area (Å²) < 4.78 is 10.6. The molecule has 0 spiro atoms. The minimum absolute atomic E-state index is 0.331. The van der Waals surface area contributed by atoms with E-state index in [1.54, 1.807) is 25.6 Å². The summed E-state index contributed by atoms with van der Waals surface area (Å²) >= 11 is 1.81. The number of benzene rings is 1. The summed E-state index contributed by atoms with van der Waals surface area (Å²) in [5.41, 5.74) is 7.19. The standard InChI is InChI=1S/C22H32N4O2S/c1-16-8-10-26(11-9-16)18(21-5-4-12-29-21)15-25-22(23)24-14-17-6-7-19(27-2)20(13-17)28-3/h4-7,12-13,16,18H,8-11,14-15H2,1-3H3,(H3,23,24,25). The first-order valence-corrected chi connectivity index (χ1v) is 11.0. The molecule has 1 saturated heterocycles. The third-order valence-electron chi connectivity index (χ3n) is 5.49. The third kappa shape index (κ3) is 5.87. The van der Waals surface area contributed by atoms with Gasteiger partial charge in [-0.05, 0) is 61.0 Å². The number of piperidine rings is 1. The lowest BCUT2D eigenvalue weighted by Gasteiger charge is -2.36. The summed E-state index contributed by atoms with van der Waals surface area (Å²) in [7, 11) is 3.26. The van der Waals surface area contributed by atoms with Crippen LogP contribution in [0.25, 0.3) is 0 Å². The number of nitrogens with one attached hydrogen (secondary N) is 1. The molecule has 29 heavy (non-hydrogen) atoms. The molecule has 2 aromatic rings. The molecule has 0 saturated carbocycles. The van der Waals surface area contributed by atoms with Gasteiger partial charge in [0.1, 0.15) is 0 Å². The van der Waals surface area contributed by atoms with E-state index in [0.29, 0.717) is 30.0 Å². The molecular weight excluding hydrogens is 384 g/mol. The summed E-state index contributed by atoms with van der Waals surface area (Å²) in [6, 6.07) is 10.5. The molecule has 1 aliphatic heterocycles. The predicted octanol–water partition coefficient (Wildman–Crippen LogP) is 3.64. The van der Waals surface area contributed by atoms with E-state index in [-0.39, 0.29) is 0 Å². The minimum atomic E-state index is 0.331. The molecule has 0 aliphatic carbocycles. The summed E-state index contributed by atoms with van der Waals surface area (Å²) in [6.07, 6.45) is 2.51. The van der Waals surface area contributed by atoms with Gasteiger partial charge in [0, 0.05) is 11.4 Å². The van der Waals surface area contributed by atoms with Gasteiger partial charge >= 0.3 is 0 Å². The molecular formula is C22H32N4O2S. The van der Waals surface area contributed by atoms with Gasteiger partial charge in [0.25, 0.3) is 0 Å². The highest BCUT2D eigenvalue weighted by molar-refractivity contribution is 7.10. The van der Waals surface area contributed by atoms with Crippen LogP contribution in [-0.4, -0.2) is 44.7 Å². The number of aliphatic imine (C=N–C) groups is 1. The molecule has 158 valence electrons. The molecule has 3 rings (SSSR count). The van der Waals surface area contributed by atoms with Crippen molar-refractivity contribution in [2.24, 2.45) is 16.6 Å². The van der Waals surface area contributed by atoms with Gasteiger partial charge in [-0.15, -0.1) is 11.3 Å². The van der Waals surface area contributed by atoms with Crippen molar-refractivity contribution in [3.8, 4) is 11.5 Å². The highest BCUT2D eigenvalue weighted by Crippen LogP contribution is 2.29. The first-order valence-electron chi connectivity index (χ1n) is 10.1. The largest absolute Gasteiger partial charge is 0.493 e. The molecule has 3 N–H and O–H groups in total. The van der Waals surface area contributed by atoms with Gasteiger partial charge in [0.05, 0.1) is 26.8 Å². The van der Waals surface area contributed by atoms with Crippen molar-refractivity contribution in [1.29, 1.82) is 0 Å². The van der Waals surface area contributed by atoms with Gasteiger partial charge in [0.2, 0.25) is 0 Å². The second kappa shape index (κ2) is 10.5. The summed E-state index contributed by atoms with van der Waals surface area (Å²) in [4.78, 5) is 8.45. The van der Waals surface area contributed by atoms with Crippen LogP contribution in [0.2, 0.25) is 0 Å². The third-order valence-corrected chi connectivity index (χ3v) is 6.46. The van der Waals surface area contributed by atoms with Crippen molar-refractivity contribution in [1.82, 2.24) is 10.2 Å². The van der Waals surface area contributed by atoms with Crippen LogP contribution in [0, 0.1) is 5.92 Å². The molecule has 6 nitrogen and oxygen atoms in total. The molecule has 1 aromatic heterocycles.